The summed E-state index contributed by atoms with van der Waals surface area (Å²) in [5.74, 6) is 0. The van der Waals surface area contributed by atoms with E-state index in [9.17, 15) is 9.59 Å². The Labute approximate surface area is 161 Å². The topological polar surface area (TPSA) is 58.9 Å². The van der Waals surface area contributed by atoms with Gasteiger partial charge in [-0.2, -0.15) is 0 Å². The van der Waals surface area contributed by atoms with Gasteiger partial charge in [0.1, 0.15) is 0 Å². The minimum absolute atomic E-state index is 0.695. The molecule has 0 saturated carbocycles. The largest absolute Gasteiger partial charge is 0.297 e. The van der Waals surface area contributed by atoms with Crippen LogP contribution in [0, 0.1) is 0 Å². The number of carbonyl (C=O) groups excluding carboxylic acids is 2. The zero-order valence-corrected chi connectivity index (χ0v) is 16.2. The highest BCUT2D eigenvalue weighted by Crippen LogP contribution is 2.29. The third-order valence-corrected chi connectivity index (χ3v) is 4.56. The zero-order valence-electron chi connectivity index (χ0n) is 16.2. The second-order valence-electron chi connectivity index (χ2n) is 6.29. The Morgan fingerprint density at radius 3 is 1.85 bits per heavy atom. The molecule has 140 valence electrons. The van der Waals surface area contributed by atoms with E-state index in [2.05, 4.69) is 55.0 Å². The summed E-state index contributed by atoms with van der Waals surface area (Å²) >= 11 is 0. The highest BCUT2D eigenvalue weighted by atomic mass is 16.1. The van der Waals surface area contributed by atoms with Crippen molar-refractivity contribution in [1.29, 1.82) is 0 Å². The first-order valence-electron chi connectivity index (χ1n) is 9.38. The fraction of sp³-hybridized carbons (Fsp3) is 0.304. The van der Waals surface area contributed by atoms with E-state index in [-0.39, 0.29) is 0 Å². The van der Waals surface area contributed by atoms with Crippen molar-refractivity contribution in [3.63, 3.8) is 0 Å². The molecule has 4 nitrogen and oxygen atoms in total. The first-order chi connectivity index (χ1) is 13.2. The summed E-state index contributed by atoms with van der Waals surface area (Å²) in [4.78, 5) is 29.7. The lowest BCUT2D eigenvalue weighted by molar-refractivity contribution is -0.103. The Morgan fingerprint density at radius 1 is 0.741 bits per heavy atom. The van der Waals surface area contributed by atoms with E-state index < -0.39 is 0 Å². The van der Waals surface area contributed by atoms with Crippen LogP contribution in [0.15, 0.2) is 40.3 Å². The fourth-order valence-electron chi connectivity index (χ4n) is 3.25. The van der Waals surface area contributed by atoms with Gasteiger partial charge in [-0.3, -0.25) is 19.6 Å². The maximum absolute atomic E-state index is 10.7. The van der Waals surface area contributed by atoms with Crippen LogP contribution in [0.4, 0.5) is 11.4 Å². The third kappa shape index (κ3) is 5.30. The molecule has 27 heavy (non-hydrogen) atoms. The first-order valence-corrected chi connectivity index (χ1v) is 9.38. The van der Waals surface area contributed by atoms with Crippen LogP contribution in [0.3, 0.4) is 0 Å². The van der Waals surface area contributed by atoms with Gasteiger partial charge in [0.05, 0.1) is 23.8 Å². The first kappa shape index (κ1) is 20.4. The second kappa shape index (κ2) is 10.3. The number of benzene rings is 2. The molecule has 2 aromatic rings. The lowest BCUT2D eigenvalue weighted by Gasteiger charge is -2.13. The lowest BCUT2D eigenvalue weighted by atomic mass is 9.94. The van der Waals surface area contributed by atoms with Crippen LogP contribution in [0.2, 0.25) is 0 Å². The number of hydrogen-bond acceptors (Lipinski definition) is 4. The van der Waals surface area contributed by atoms with Gasteiger partial charge in [-0.15, -0.1) is 0 Å². The van der Waals surface area contributed by atoms with Crippen molar-refractivity contribution >= 4 is 36.4 Å². The summed E-state index contributed by atoms with van der Waals surface area (Å²) < 4.78 is 0. The molecule has 0 bridgehead atoms. The molecule has 0 amide bonds. The Balaban J connectivity index is 2.39. The SMILES string of the molecule is CCc1cc(Cc2cc(CC)c(N=CC=O)c(CC)c2)ccc1N=CC=O. The van der Waals surface area contributed by atoms with E-state index in [0.717, 1.165) is 53.7 Å². The molecule has 2 rings (SSSR count). The molecule has 4 heteroatoms. The predicted octanol–water partition coefficient (Wildman–Crippen LogP) is 4.77. The van der Waals surface area contributed by atoms with Crippen LogP contribution < -0.4 is 0 Å². The summed E-state index contributed by atoms with van der Waals surface area (Å²) in [6.07, 6.45) is 7.43. The van der Waals surface area contributed by atoms with Crippen LogP contribution >= 0.6 is 0 Å². The molecular formula is C23H26N2O2. The third-order valence-electron chi connectivity index (χ3n) is 4.56. The number of carbonyl (C=O) groups is 2. The van der Waals surface area contributed by atoms with Crippen LogP contribution in [0.25, 0.3) is 0 Å². The lowest BCUT2D eigenvalue weighted by Crippen LogP contribution is -1.97. The molecule has 0 saturated heterocycles. The van der Waals surface area contributed by atoms with E-state index in [4.69, 9.17) is 0 Å². The second-order valence-corrected chi connectivity index (χ2v) is 6.29. The van der Waals surface area contributed by atoms with Crippen LogP contribution in [-0.2, 0) is 35.3 Å². The summed E-state index contributed by atoms with van der Waals surface area (Å²) in [6.45, 7) is 6.30. The van der Waals surface area contributed by atoms with Crippen molar-refractivity contribution in [3.8, 4) is 0 Å². The van der Waals surface area contributed by atoms with Gasteiger partial charge in [0.25, 0.3) is 0 Å². The Kier molecular flexibility index (Phi) is 7.80. The minimum atomic E-state index is 0.695. The quantitative estimate of drug-likeness (QED) is 0.477. The van der Waals surface area contributed by atoms with Crippen LogP contribution in [0.1, 0.15) is 48.6 Å². The standard InChI is InChI=1S/C23H26N2O2/c1-4-19-14-17(7-8-22(19)24-9-11-26)13-18-15-20(5-2)23(25-10-12-27)21(6-3)16-18/h7-12,14-16H,4-6,13H2,1-3H3. The highest BCUT2D eigenvalue weighted by molar-refractivity contribution is 6.14. The predicted molar refractivity (Wildman–Crippen MR) is 112 cm³/mol. The number of nitrogens with zero attached hydrogens (tertiary/aromatic N) is 2. The van der Waals surface area contributed by atoms with Crippen molar-refractivity contribution < 1.29 is 9.59 Å². The van der Waals surface area contributed by atoms with E-state index >= 15 is 0 Å². The van der Waals surface area contributed by atoms with Gasteiger partial charge < -0.3 is 0 Å². The van der Waals surface area contributed by atoms with E-state index in [0.29, 0.717) is 12.6 Å². The van der Waals surface area contributed by atoms with Gasteiger partial charge in [0.2, 0.25) is 0 Å². The Morgan fingerprint density at radius 2 is 1.30 bits per heavy atom. The van der Waals surface area contributed by atoms with E-state index in [1.807, 2.05) is 6.07 Å². The van der Waals surface area contributed by atoms with Crippen molar-refractivity contribution in [1.82, 2.24) is 0 Å². The van der Waals surface area contributed by atoms with E-state index in [1.165, 1.54) is 23.6 Å². The fourth-order valence-corrected chi connectivity index (χ4v) is 3.25. The molecule has 0 aliphatic heterocycles. The molecule has 0 N–H and O–H groups in total. The molecule has 2 aromatic carbocycles. The zero-order chi connectivity index (χ0) is 19.6. The monoisotopic (exact) mass is 362 g/mol. The molecule has 0 aliphatic carbocycles. The minimum Gasteiger partial charge on any atom is -0.297 e. The van der Waals surface area contributed by atoms with Gasteiger partial charge >= 0.3 is 0 Å². The summed E-state index contributed by atoms with van der Waals surface area (Å²) in [7, 11) is 0. The van der Waals surface area contributed by atoms with Gasteiger partial charge in [-0.1, -0.05) is 45.0 Å². The summed E-state index contributed by atoms with van der Waals surface area (Å²) in [6, 6.07) is 10.6. The Bertz CT molecular complexity index is 842. The highest BCUT2D eigenvalue weighted by Gasteiger charge is 2.10. The molecule has 0 atom stereocenters. The van der Waals surface area contributed by atoms with Crippen molar-refractivity contribution in [2.45, 2.75) is 46.5 Å². The average Bonchev–Trinajstić information content (AvgIpc) is 2.70. The summed E-state index contributed by atoms with van der Waals surface area (Å²) in [5.41, 5.74) is 7.66. The molecular weight excluding hydrogens is 336 g/mol. The maximum atomic E-state index is 10.7. The molecule has 0 aromatic heterocycles. The molecule has 0 radical (unpaired) electrons. The number of aldehydes is 2. The Hall–Kier alpha value is -2.88. The number of rotatable bonds is 9. The number of aryl methyl sites for hydroxylation is 3. The maximum Gasteiger partial charge on any atom is 0.161 e. The molecule has 0 aliphatic rings. The van der Waals surface area contributed by atoms with Crippen molar-refractivity contribution in [2.75, 3.05) is 0 Å². The van der Waals surface area contributed by atoms with Gasteiger partial charge in [0, 0.05) is 0 Å². The summed E-state index contributed by atoms with van der Waals surface area (Å²) in [5, 5.41) is 0. The molecule has 0 fully saturated rings. The van der Waals surface area contributed by atoms with Crippen molar-refractivity contribution in [2.24, 2.45) is 9.98 Å². The van der Waals surface area contributed by atoms with Crippen LogP contribution in [-0.4, -0.2) is 25.0 Å². The molecule has 0 spiro atoms. The van der Waals surface area contributed by atoms with Crippen molar-refractivity contribution in [3.05, 3.63) is 58.1 Å². The molecule has 0 heterocycles. The van der Waals surface area contributed by atoms with Gasteiger partial charge in [-0.25, -0.2) is 0 Å². The van der Waals surface area contributed by atoms with Crippen LogP contribution in [0.5, 0.6) is 0 Å². The normalized spacial score (nSPS) is 11.4. The number of hydrogen-bond donors (Lipinski definition) is 0. The molecule has 0 unspecified atom stereocenters. The van der Waals surface area contributed by atoms with Gasteiger partial charge in [0.15, 0.2) is 12.6 Å². The smallest absolute Gasteiger partial charge is 0.161 e. The van der Waals surface area contributed by atoms with E-state index in [1.54, 1.807) is 0 Å². The average molecular weight is 362 g/mol. The van der Waals surface area contributed by atoms with Gasteiger partial charge in [-0.05, 0) is 59.6 Å². The number of aliphatic imine (C=N–C) groups is 2.